The van der Waals surface area contributed by atoms with Crippen LogP contribution in [0.25, 0.3) is 0 Å². The Hall–Kier alpha value is -2.37. The van der Waals surface area contributed by atoms with Crippen LogP contribution in [0, 0.1) is 0 Å². The van der Waals surface area contributed by atoms with Gasteiger partial charge in [0.1, 0.15) is 6.04 Å². The molecule has 1 saturated carbocycles. The van der Waals surface area contributed by atoms with Gasteiger partial charge in [0, 0.05) is 12.5 Å². The van der Waals surface area contributed by atoms with Crippen molar-refractivity contribution in [3.05, 3.63) is 47.6 Å². The third-order valence-electron chi connectivity index (χ3n) is 3.53. The van der Waals surface area contributed by atoms with Crippen molar-refractivity contribution in [1.29, 1.82) is 0 Å². The van der Waals surface area contributed by atoms with Crippen LogP contribution in [0.1, 0.15) is 49.5 Å². The molecule has 2 N–H and O–H groups in total. The van der Waals surface area contributed by atoms with E-state index in [-0.39, 0.29) is 6.03 Å². The summed E-state index contributed by atoms with van der Waals surface area (Å²) in [7, 11) is 0. The fourth-order valence-electron chi connectivity index (χ4n) is 2.23. The third kappa shape index (κ3) is 3.63. The lowest BCUT2D eigenvalue weighted by molar-refractivity contribution is 0.237. The van der Waals surface area contributed by atoms with Crippen LogP contribution in [0.15, 0.2) is 34.9 Å². The standard InChI is InChI=1S/C16H20N4O2/c1-2-6-13-18-15(20-22-13)14(11-7-4-3-5-8-11)19-16(21)17-12-9-10-12/h3-5,7-8,12,14H,2,6,9-10H2,1H3,(H2,17,19,21)/t14-/m1/s1. The van der Waals surface area contributed by atoms with E-state index in [1.165, 1.54) is 0 Å². The Bertz CT molecular complexity index is 622. The van der Waals surface area contributed by atoms with Gasteiger partial charge in [0.05, 0.1) is 0 Å². The van der Waals surface area contributed by atoms with Gasteiger partial charge in [-0.15, -0.1) is 0 Å². The zero-order valence-electron chi connectivity index (χ0n) is 12.6. The zero-order chi connectivity index (χ0) is 15.4. The van der Waals surface area contributed by atoms with Crippen molar-refractivity contribution in [2.75, 3.05) is 0 Å². The lowest BCUT2D eigenvalue weighted by Gasteiger charge is -2.16. The summed E-state index contributed by atoms with van der Waals surface area (Å²) in [6.45, 7) is 2.06. The highest BCUT2D eigenvalue weighted by molar-refractivity contribution is 5.75. The predicted octanol–water partition coefficient (Wildman–Crippen LogP) is 2.57. The van der Waals surface area contributed by atoms with E-state index in [0.29, 0.717) is 17.8 Å². The van der Waals surface area contributed by atoms with Gasteiger partial charge < -0.3 is 15.2 Å². The van der Waals surface area contributed by atoms with Crippen LogP contribution in [-0.2, 0) is 6.42 Å². The number of rotatable bonds is 6. The highest BCUT2D eigenvalue weighted by atomic mass is 16.5. The van der Waals surface area contributed by atoms with E-state index in [1.807, 2.05) is 30.3 Å². The number of carbonyl (C=O) groups excluding carboxylic acids is 1. The number of benzene rings is 1. The Kier molecular flexibility index (Phi) is 4.37. The Balaban J connectivity index is 1.79. The number of aromatic nitrogens is 2. The van der Waals surface area contributed by atoms with E-state index in [1.54, 1.807) is 0 Å². The predicted molar refractivity (Wildman–Crippen MR) is 81.3 cm³/mol. The molecule has 6 nitrogen and oxygen atoms in total. The highest BCUT2D eigenvalue weighted by Crippen LogP contribution is 2.21. The SMILES string of the molecule is CCCc1nc([C@H](NC(=O)NC2CC2)c2ccccc2)no1. The van der Waals surface area contributed by atoms with Crippen molar-refractivity contribution in [1.82, 2.24) is 20.8 Å². The summed E-state index contributed by atoms with van der Waals surface area (Å²) in [5.41, 5.74) is 0.928. The number of aryl methyl sites for hydroxylation is 1. The van der Waals surface area contributed by atoms with Crippen molar-refractivity contribution in [2.45, 2.75) is 44.7 Å². The molecule has 1 atom stereocenters. The lowest BCUT2D eigenvalue weighted by atomic mass is 10.1. The molecule has 6 heteroatoms. The Morgan fingerprint density at radius 3 is 2.82 bits per heavy atom. The zero-order valence-corrected chi connectivity index (χ0v) is 12.6. The number of hydrogen-bond acceptors (Lipinski definition) is 4. The van der Waals surface area contributed by atoms with Crippen molar-refractivity contribution >= 4 is 6.03 Å². The molecule has 116 valence electrons. The van der Waals surface area contributed by atoms with Crippen molar-refractivity contribution in [3.8, 4) is 0 Å². The molecule has 1 heterocycles. The van der Waals surface area contributed by atoms with E-state index in [4.69, 9.17) is 4.52 Å². The van der Waals surface area contributed by atoms with Gasteiger partial charge in [0.2, 0.25) is 5.89 Å². The molecule has 3 rings (SSSR count). The monoisotopic (exact) mass is 300 g/mol. The van der Waals surface area contributed by atoms with E-state index >= 15 is 0 Å². The first-order valence-corrected chi connectivity index (χ1v) is 7.70. The van der Waals surface area contributed by atoms with Gasteiger partial charge in [0.25, 0.3) is 0 Å². The first-order chi connectivity index (χ1) is 10.8. The quantitative estimate of drug-likeness (QED) is 0.859. The molecule has 2 aromatic rings. The van der Waals surface area contributed by atoms with Gasteiger partial charge in [-0.05, 0) is 24.8 Å². The van der Waals surface area contributed by atoms with Crippen LogP contribution in [0.3, 0.4) is 0 Å². The second kappa shape index (κ2) is 6.60. The van der Waals surface area contributed by atoms with Gasteiger partial charge in [-0.25, -0.2) is 4.79 Å². The number of hydrogen-bond donors (Lipinski definition) is 2. The summed E-state index contributed by atoms with van der Waals surface area (Å²) in [4.78, 5) is 16.5. The lowest BCUT2D eigenvalue weighted by Crippen LogP contribution is -2.39. The topological polar surface area (TPSA) is 80.0 Å². The van der Waals surface area contributed by atoms with Gasteiger partial charge in [-0.1, -0.05) is 42.4 Å². The molecule has 0 spiro atoms. The van der Waals surface area contributed by atoms with E-state index < -0.39 is 6.04 Å². The molecule has 0 radical (unpaired) electrons. The number of nitrogens with zero attached hydrogens (tertiary/aromatic N) is 2. The average Bonchev–Trinajstić information content (AvgIpc) is 3.22. The van der Waals surface area contributed by atoms with Gasteiger partial charge in [-0.3, -0.25) is 0 Å². The molecule has 22 heavy (non-hydrogen) atoms. The molecule has 1 aromatic carbocycles. The van der Waals surface area contributed by atoms with Crippen LogP contribution >= 0.6 is 0 Å². The first-order valence-electron chi connectivity index (χ1n) is 7.70. The second-order valence-electron chi connectivity index (χ2n) is 5.53. The summed E-state index contributed by atoms with van der Waals surface area (Å²) in [5.74, 6) is 1.09. The average molecular weight is 300 g/mol. The van der Waals surface area contributed by atoms with E-state index in [2.05, 4.69) is 27.7 Å². The summed E-state index contributed by atoms with van der Waals surface area (Å²) in [5, 5.41) is 9.89. The van der Waals surface area contributed by atoms with Crippen LogP contribution in [0.2, 0.25) is 0 Å². The Labute approximate surface area is 129 Å². The van der Waals surface area contributed by atoms with E-state index in [9.17, 15) is 4.79 Å². The molecule has 1 fully saturated rings. The van der Waals surface area contributed by atoms with Gasteiger partial charge in [0.15, 0.2) is 5.82 Å². The first kappa shape index (κ1) is 14.6. The second-order valence-corrected chi connectivity index (χ2v) is 5.53. The maximum atomic E-state index is 12.1. The molecule has 1 aromatic heterocycles. The Morgan fingerprint density at radius 1 is 1.36 bits per heavy atom. The van der Waals surface area contributed by atoms with Crippen molar-refractivity contribution in [2.24, 2.45) is 0 Å². The molecular formula is C16H20N4O2. The molecule has 2 amide bonds. The molecular weight excluding hydrogens is 280 g/mol. The number of nitrogens with one attached hydrogen (secondary N) is 2. The molecule has 0 saturated heterocycles. The van der Waals surface area contributed by atoms with Crippen LogP contribution in [-0.4, -0.2) is 22.2 Å². The van der Waals surface area contributed by atoms with Crippen LogP contribution in [0.5, 0.6) is 0 Å². The molecule has 1 aliphatic carbocycles. The number of carbonyl (C=O) groups is 1. The summed E-state index contributed by atoms with van der Waals surface area (Å²) < 4.78 is 5.25. The van der Waals surface area contributed by atoms with Crippen LogP contribution in [0.4, 0.5) is 4.79 Å². The van der Waals surface area contributed by atoms with Crippen molar-refractivity contribution < 1.29 is 9.32 Å². The number of urea groups is 1. The molecule has 0 aliphatic heterocycles. The largest absolute Gasteiger partial charge is 0.339 e. The summed E-state index contributed by atoms with van der Waals surface area (Å²) in [6.07, 6.45) is 3.77. The minimum atomic E-state index is -0.408. The maximum Gasteiger partial charge on any atom is 0.315 e. The third-order valence-corrected chi connectivity index (χ3v) is 3.53. The number of amides is 2. The normalized spacial score (nSPS) is 15.3. The molecule has 1 aliphatic rings. The fourth-order valence-corrected chi connectivity index (χ4v) is 2.23. The van der Waals surface area contributed by atoms with Gasteiger partial charge in [-0.2, -0.15) is 4.98 Å². The highest BCUT2D eigenvalue weighted by Gasteiger charge is 2.27. The molecule has 0 bridgehead atoms. The summed E-state index contributed by atoms with van der Waals surface area (Å²) >= 11 is 0. The smallest absolute Gasteiger partial charge is 0.315 e. The maximum absolute atomic E-state index is 12.1. The van der Waals surface area contributed by atoms with Crippen LogP contribution < -0.4 is 10.6 Å². The van der Waals surface area contributed by atoms with E-state index in [0.717, 1.165) is 31.2 Å². The summed E-state index contributed by atoms with van der Waals surface area (Å²) in [6, 6.07) is 9.37. The minimum absolute atomic E-state index is 0.196. The fraction of sp³-hybridized carbons (Fsp3) is 0.438. The van der Waals surface area contributed by atoms with Crippen molar-refractivity contribution in [3.63, 3.8) is 0 Å². The molecule has 0 unspecified atom stereocenters. The minimum Gasteiger partial charge on any atom is -0.339 e. The van der Waals surface area contributed by atoms with Gasteiger partial charge >= 0.3 is 6.03 Å². The Morgan fingerprint density at radius 2 is 2.14 bits per heavy atom.